The number of nitrogens with zero attached hydrogens (tertiary/aromatic N) is 2. The van der Waals surface area contributed by atoms with E-state index in [4.69, 9.17) is 4.74 Å². The molecular weight excluding hydrogens is 288 g/mol. The topological polar surface area (TPSA) is 35.9 Å². The van der Waals surface area contributed by atoms with Crippen molar-refractivity contribution < 1.29 is 9.84 Å². The molecular formula is C19H28N2O2. The normalized spacial score (nSPS) is 28.8. The van der Waals surface area contributed by atoms with E-state index in [1.54, 1.807) is 7.11 Å². The molecule has 126 valence electrons. The third kappa shape index (κ3) is 2.72. The first kappa shape index (κ1) is 15.3. The van der Waals surface area contributed by atoms with Crippen molar-refractivity contribution in [2.24, 2.45) is 5.92 Å². The summed E-state index contributed by atoms with van der Waals surface area (Å²) in [4.78, 5) is 5.22. The van der Waals surface area contributed by atoms with Crippen LogP contribution in [0.25, 0.3) is 0 Å². The van der Waals surface area contributed by atoms with Crippen molar-refractivity contribution in [1.29, 1.82) is 0 Å². The number of phenolic OH excluding ortho intramolecular Hbond substituents is 1. The lowest BCUT2D eigenvalue weighted by atomic mass is 9.79. The van der Waals surface area contributed by atoms with E-state index < -0.39 is 0 Å². The molecule has 2 atom stereocenters. The van der Waals surface area contributed by atoms with Crippen LogP contribution in [0.1, 0.15) is 42.9 Å². The molecule has 0 radical (unpaired) electrons. The minimum Gasteiger partial charge on any atom is -0.504 e. The molecule has 2 heterocycles. The minimum absolute atomic E-state index is 0.270. The van der Waals surface area contributed by atoms with Crippen LogP contribution < -0.4 is 4.74 Å². The maximum atomic E-state index is 10.0. The molecule has 0 spiro atoms. The highest BCUT2D eigenvalue weighted by atomic mass is 16.5. The van der Waals surface area contributed by atoms with Gasteiger partial charge in [0.25, 0.3) is 0 Å². The van der Waals surface area contributed by atoms with Gasteiger partial charge >= 0.3 is 0 Å². The van der Waals surface area contributed by atoms with Crippen LogP contribution in [-0.2, 0) is 6.42 Å². The molecule has 1 aromatic rings. The zero-order valence-electron chi connectivity index (χ0n) is 14.3. The van der Waals surface area contributed by atoms with E-state index in [0.717, 1.165) is 25.4 Å². The van der Waals surface area contributed by atoms with Gasteiger partial charge in [0.15, 0.2) is 11.5 Å². The maximum Gasteiger partial charge on any atom is 0.160 e. The summed E-state index contributed by atoms with van der Waals surface area (Å²) in [5.41, 5.74) is 2.63. The highest BCUT2D eigenvalue weighted by molar-refractivity contribution is 5.49. The molecule has 1 aliphatic carbocycles. The Morgan fingerprint density at radius 2 is 2.09 bits per heavy atom. The quantitative estimate of drug-likeness (QED) is 0.930. The van der Waals surface area contributed by atoms with Gasteiger partial charge in [-0.15, -0.1) is 0 Å². The maximum absolute atomic E-state index is 10.0. The highest BCUT2D eigenvalue weighted by Crippen LogP contribution is 2.41. The Balaban J connectivity index is 1.55. The summed E-state index contributed by atoms with van der Waals surface area (Å²) in [5.74, 6) is 1.84. The largest absolute Gasteiger partial charge is 0.504 e. The molecule has 2 aliphatic heterocycles. The number of likely N-dealkylation sites (N-methyl/N-ethyl adjacent to an activating group) is 1. The zero-order valence-corrected chi connectivity index (χ0v) is 14.3. The number of aromatic hydroxyl groups is 1. The average Bonchev–Trinajstić information content (AvgIpc) is 2.50. The van der Waals surface area contributed by atoms with Crippen LogP contribution in [0.4, 0.5) is 0 Å². The van der Waals surface area contributed by atoms with Crippen molar-refractivity contribution in [2.45, 2.75) is 44.2 Å². The van der Waals surface area contributed by atoms with Crippen LogP contribution in [0.5, 0.6) is 11.5 Å². The average molecular weight is 316 g/mol. The summed E-state index contributed by atoms with van der Waals surface area (Å²) in [7, 11) is 3.91. The molecule has 3 aliphatic rings. The Hall–Kier alpha value is -1.26. The Labute approximate surface area is 139 Å². The van der Waals surface area contributed by atoms with E-state index >= 15 is 0 Å². The number of hydrogen-bond donors (Lipinski definition) is 1. The second-order valence-corrected chi connectivity index (χ2v) is 7.61. The van der Waals surface area contributed by atoms with Crippen molar-refractivity contribution in [1.82, 2.24) is 9.80 Å². The molecule has 2 fully saturated rings. The van der Waals surface area contributed by atoms with E-state index in [1.165, 1.54) is 43.4 Å². The van der Waals surface area contributed by atoms with E-state index in [9.17, 15) is 5.11 Å². The third-order valence-corrected chi connectivity index (χ3v) is 6.27. The van der Waals surface area contributed by atoms with Crippen molar-refractivity contribution >= 4 is 0 Å². The van der Waals surface area contributed by atoms with Crippen LogP contribution in [0.2, 0.25) is 0 Å². The van der Waals surface area contributed by atoms with E-state index in [0.29, 0.717) is 17.8 Å². The Bertz CT molecular complexity index is 585. The van der Waals surface area contributed by atoms with Gasteiger partial charge in [-0.3, -0.25) is 4.90 Å². The van der Waals surface area contributed by atoms with Gasteiger partial charge in [0.1, 0.15) is 0 Å². The van der Waals surface area contributed by atoms with Crippen molar-refractivity contribution in [3.8, 4) is 11.5 Å². The molecule has 0 bridgehead atoms. The molecule has 4 nitrogen and oxygen atoms in total. The lowest BCUT2D eigenvalue weighted by Crippen LogP contribution is -2.55. The number of phenols is 1. The second kappa shape index (κ2) is 5.99. The van der Waals surface area contributed by atoms with Gasteiger partial charge in [0.2, 0.25) is 0 Å². The summed E-state index contributed by atoms with van der Waals surface area (Å²) in [6.45, 7) is 3.37. The predicted molar refractivity (Wildman–Crippen MR) is 91.1 cm³/mol. The summed E-state index contributed by atoms with van der Waals surface area (Å²) >= 11 is 0. The van der Waals surface area contributed by atoms with E-state index in [1.807, 2.05) is 6.07 Å². The summed E-state index contributed by atoms with van der Waals surface area (Å²) in [6, 6.07) is 5.11. The molecule has 0 unspecified atom stereocenters. The molecule has 1 saturated heterocycles. The fraction of sp³-hybridized carbons (Fsp3) is 0.684. The van der Waals surface area contributed by atoms with E-state index in [2.05, 4.69) is 22.9 Å². The molecule has 1 aromatic carbocycles. The Morgan fingerprint density at radius 3 is 2.78 bits per heavy atom. The number of piperazine rings is 1. The predicted octanol–water partition coefficient (Wildman–Crippen LogP) is 2.80. The number of methoxy groups -OCH3 is 1. The number of rotatable bonds is 3. The Morgan fingerprint density at radius 1 is 1.26 bits per heavy atom. The number of hydrogen-bond acceptors (Lipinski definition) is 4. The van der Waals surface area contributed by atoms with Crippen LogP contribution in [0.15, 0.2) is 12.1 Å². The first-order valence-corrected chi connectivity index (χ1v) is 8.99. The molecule has 0 amide bonds. The summed E-state index contributed by atoms with van der Waals surface area (Å²) < 4.78 is 5.33. The van der Waals surface area contributed by atoms with Gasteiger partial charge in [0.05, 0.1) is 7.11 Å². The second-order valence-electron chi connectivity index (χ2n) is 7.61. The van der Waals surface area contributed by atoms with Crippen LogP contribution in [0, 0.1) is 5.92 Å². The smallest absolute Gasteiger partial charge is 0.160 e. The van der Waals surface area contributed by atoms with E-state index in [-0.39, 0.29) is 5.75 Å². The monoisotopic (exact) mass is 316 g/mol. The molecule has 4 heteroatoms. The molecule has 1 saturated carbocycles. The lowest BCUT2D eigenvalue weighted by Gasteiger charge is -2.49. The summed E-state index contributed by atoms with van der Waals surface area (Å²) in [6.07, 6.45) is 6.71. The van der Waals surface area contributed by atoms with Crippen molar-refractivity contribution in [3.63, 3.8) is 0 Å². The van der Waals surface area contributed by atoms with Crippen LogP contribution in [-0.4, -0.2) is 54.7 Å². The lowest BCUT2D eigenvalue weighted by molar-refractivity contribution is 0.0218. The first-order valence-electron chi connectivity index (χ1n) is 8.99. The van der Waals surface area contributed by atoms with Crippen LogP contribution >= 0.6 is 0 Å². The van der Waals surface area contributed by atoms with Gasteiger partial charge < -0.3 is 14.7 Å². The van der Waals surface area contributed by atoms with Gasteiger partial charge in [-0.1, -0.05) is 19.3 Å². The van der Waals surface area contributed by atoms with Gasteiger partial charge in [-0.25, -0.2) is 0 Å². The number of fused-ring (bicyclic) bond motifs is 3. The standard InChI is InChI=1S/C19H28N2O2/c1-20-12-17-16-10-19(23-2)18(22)9-14(16)6-7-21(17)11-15(20)8-13-4-3-5-13/h9-10,13,15,17,22H,3-8,11-12H2,1-2H3/t15-,17-/m1/s1. The minimum atomic E-state index is 0.270. The summed E-state index contributed by atoms with van der Waals surface area (Å²) in [5, 5.41) is 10.0. The SMILES string of the molecule is COc1cc2c(cc1O)CCN1C[C@@H](CC3CCC3)N(C)C[C@H]21. The molecule has 1 N–H and O–H groups in total. The van der Waals surface area contributed by atoms with Crippen LogP contribution in [0.3, 0.4) is 0 Å². The number of benzene rings is 1. The third-order valence-electron chi connectivity index (χ3n) is 6.27. The molecule has 4 rings (SSSR count). The van der Waals surface area contributed by atoms with Gasteiger partial charge in [-0.2, -0.15) is 0 Å². The van der Waals surface area contributed by atoms with Gasteiger partial charge in [0, 0.05) is 31.7 Å². The fourth-order valence-corrected chi connectivity index (χ4v) is 4.57. The molecule has 23 heavy (non-hydrogen) atoms. The van der Waals surface area contributed by atoms with Crippen molar-refractivity contribution in [2.75, 3.05) is 33.8 Å². The van der Waals surface area contributed by atoms with Crippen molar-refractivity contribution in [3.05, 3.63) is 23.3 Å². The molecule has 0 aromatic heterocycles. The first-order chi connectivity index (χ1) is 11.2. The Kier molecular flexibility index (Phi) is 3.98. The van der Waals surface area contributed by atoms with Gasteiger partial charge in [-0.05, 0) is 49.1 Å². The zero-order chi connectivity index (χ0) is 16.0. The highest BCUT2D eigenvalue weighted by Gasteiger charge is 2.37. The number of ether oxygens (including phenoxy) is 1. The fourth-order valence-electron chi connectivity index (χ4n) is 4.57.